The number of rotatable bonds is 3. The van der Waals surface area contributed by atoms with Crippen LogP contribution in [0.1, 0.15) is 10.5 Å². The minimum Gasteiger partial charge on any atom is -0.373 e. The number of nitrogens with one attached hydrogen (secondary N) is 2. The molecule has 4 nitrogen and oxygen atoms in total. The third kappa shape index (κ3) is 3.24. The number of pyridine rings is 1. The Morgan fingerprint density at radius 3 is 2.74 bits per heavy atom. The second-order valence-corrected chi connectivity index (χ2v) is 4.91. The van der Waals surface area contributed by atoms with Gasteiger partial charge >= 0.3 is 0 Å². The summed E-state index contributed by atoms with van der Waals surface area (Å²) in [4.78, 5) is 16.2. The highest BCUT2D eigenvalue weighted by Crippen LogP contribution is 2.30. The Hall–Kier alpha value is -1.59. The van der Waals surface area contributed by atoms with E-state index in [0.29, 0.717) is 26.7 Å². The summed E-state index contributed by atoms with van der Waals surface area (Å²) in [5, 5.41) is 6.18. The maximum Gasteiger partial charge on any atom is 0.274 e. The van der Waals surface area contributed by atoms with E-state index in [0.717, 1.165) is 0 Å². The number of carbonyl (C=O) groups is 1. The summed E-state index contributed by atoms with van der Waals surface area (Å²) < 4.78 is 0.648. The highest BCUT2D eigenvalue weighted by Gasteiger charge is 2.11. The summed E-state index contributed by atoms with van der Waals surface area (Å²) in [6.07, 6.45) is 0. The lowest BCUT2D eigenvalue weighted by atomic mass is 10.3. The Labute approximate surface area is 124 Å². The van der Waals surface area contributed by atoms with E-state index in [1.54, 1.807) is 43.4 Å². The van der Waals surface area contributed by atoms with Crippen molar-refractivity contribution < 1.29 is 4.79 Å². The molecule has 0 aliphatic carbocycles. The van der Waals surface area contributed by atoms with E-state index < -0.39 is 0 Å². The average molecular weight is 341 g/mol. The number of hydrogen-bond donors (Lipinski definition) is 2. The van der Waals surface area contributed by atoms with Crippen LogP contribution in [0.2, 0.25) is 5.02 Å². The van der Waals surface area contributed by atoms with E-state index in [1.165, 1.54) is 0 Å². The van der Waals surface area contributed by atoms with Crippen molar-refractivity contribution in [1.29, 1.82) is 0 Å². The summed E-state index contributed by atoms with van der Waals surface area (Å²) >= 11 is 9.30. The Morgan fingerprint density at radius 2 is 2.00 bits per heavy atom. The Kier molecular flexibility index (Phi) is 4.39. The molecule has 0 bridgehead atoms. The fraction of sp³-hybridized carbons (Fsp3) is 0.0769. The molecule has 0 unspecified atom stereocenters. The van der Waals surface area contributed by atoms with Crippen LogP contribution in [-0.2, 0) is 0 Å². The van der Waals surface area contributed by atoms with Gasteiger partial charge in [-0.15, -0.1) is 0 Å². The van der Waals surface area contributed by atoms with Gasteiger partial charge in [-0.3, -0.25) is 4.79 Å². The largest absolute Gasteiger partial charge is 0.373 e. The van der Waals surface area contributed by atoms with Gasteiger partial charge in [0.25, 0.3) is 5.91 Å². The molecule has 98 valence electrons. The molecule has 0 fully saturated rings. The molecule has 1 heterocycles. The molecule has 0 saturated carbocycles. The van der Waals surface area contributed by atoms with Gasteiger partial charge < -0.3 is 10.6 Å². The monoisotopic (exact) mass is 339 g/mol. The average Bonchev–Trinajstić information content (AvgIpc) is 2.44. The van der Waals surface area contributed by atoms with Crippen LogP contribution in [0, 0.1) is 0 Å². The molecule has 2 N–H and O–H groups in total. The van der Waals surface area contributed by atoms with Crippen LogP contribution in [-0.4, -0.2) is 17.9 Å². The SMILES string of the molecule is CNc1cccc(C(=O)Nc2cccc(Cl)c2Br)n1. The molecule has 1 aromatic carbocycles. The van der Waals surface area contributed by atoms with Crippen molar-refractivity contribution in [1.82, 2.24) is 4.98 Å². The first-order valence-electron chi connectivity index (χ1n) is 5.52. The van der Waals surface area contributed by atoms with Crippen molar-refractivity contribution in [2.75, 3.05) is 17.7 Å². The third-order valence-corrected chi connectivity index (χ3v) is 3.84. The first-order valence-corrected chi connectivity index (χ1v) is 6.69. The number of halogens is 2. The Morgan fingerprint density at radius 1 is 1.26 bits per heavy atom. The van der Waals surface area contributed by atoms with E-state index in [4.69, 9.17) is 11.6 Å². The Balaban J connectivity index is 2.23. The van der Waals surface area contributed by atoms with Crippen LogP contribution in [0.3, 0.4) is 0 Å². The van der Waals surface area contributed by atoms with Crippen molar-refractivity contribution in [2.24, 2.45) is 0 Å². The van der Waals surface area contributed by atoms with Crippen LogP contribution in [0.15, 0.2) is 40.9 Å². The smallest absolute Gasteiger partial charge is 0.274 e. The fourth-order valence-corrected chi connectivity index (χ4v) is 2.03. The number of aromatic nitrogens is 1. The van der Waals surface area contributed by atoms with Crippen molar-refractivity contribution in [3.05, 3.63) is 51.6 Å². The zero-order valence-electron chi connectivity index (χ0n) is 10.1. The van der Waals surface area contributed by atoms with E-state index in [-0.39, 0.29) is 5.91 Å². The third-order valence-electron chi connectivity index (χ3n) is 2.44. The van der Waals surface area contributed by atoms with E-state index >= 15 is 0 Å². The van der Waals surface area contributed by atoms with Crippen LogP contribution >= 0.6 is 27.5 Å². The number of anilines is 2. The normalized spacial score (nSPS) is 10.1. The zero-order chi connectivity index (χ0) is 13.8. The molecule has 19 heavy (non-hydrogen) atoms. The van der Waals surface area contributed by atoms with Gasteiger partial charge in [0.1, 0.15) is 11.5 Å². The highest BCUT2D eigenvalue weighted by atomic mass is 79.9. The summed E-state index contributed by atoms with van der Waals surface area (Å²) in [5.41, 5.74) is 0.938. The van der Waals surface area contributed by atoms with Crippen molar-refractivity contribution >= 4 is 44.9 Å². The number of carbonyl (C=O) groups excluding carboxylic acids is 1. The minimum atomic E-state index is -0.292. The highest BCUT2D eigenvalue weighted by molar-refractivity contribution is 9.10. The standard InChI is InChI=1S/C13H11BrClN3O/c1-16-11-7-3-6-10(17-11)13(19)18-9-5-2-4-8(15)12(9)14/h2-7H,1H3,(H,16,17)(H,18,19). The maximum absolute atomic E-state index is 12.1. The molecule has 1 amide bonds. The molecule has 0 aliphatic rings. The number of amides is 1. The van der Waals surface area contributed by atoms with Crippen molar-refractivity contribution in [3.63, 3.8) is 0 Å². The molecule has 2 rings (SSSR count). The second-order valence-electron chi connectivity index (χ2n) is 3.71. The fourth-order valence-electron chi connectivity index (χ4n) is 1.49. The molecule has 0 aliphatic heterocycles. The Bertz CT molecular complexity index is 619. The van der Waals surface area contributed by atoms with Gasteiger partial charge in [-0.25, -0.2) is 4.98 Å². The number of hydrogen-bond acceptors (Lipinski definition) is 3. The molecule has 0 saturated heterocycles. The van der Waals surface area contributed by atoms with E-state index in [1.807, 2.05) is 0 Å². The molecule has 2 aromatic rings. The van der Waals surface area contributed by atoms with E-state index in [2.05, 4.69) is 31.5 Å². The second kappa shape index (κ2) is 6.04. The number of benzene rings is 1. The van der Waals surface area contributed by atoms with Crippen LogP contribution in [0.5, 0.6) is 0 Å². The molecule has 0 radical (unpaired) electrons. The number of nitrogens with zero attached hydrogens (tertiary/aromatic N) is 1. The van der Waals surface area contributed by atoms with Gasteiger partial charge in [-0.05, 0) is 40.2 Å². The molecule has 1 aromatic heterocycles. The summed E-state index contributed by atoms with van der Waals surface area (Å²) in [6, 6.07) is 10.5. The van der Waals surface area contributed by atoms with Gasteiger partial charge in [0.2, 0.25) is 0 Å². The summed E-state index contributed by atoms with van der Waals surface area (Å²) in [6.45, 7) is 0. The van der Waals surface area contributed by atoms with Crippen molar-refractivity contribution in [3.8, 4) is 0 Å². The van der Waals surface area contributed by atoms with Gasteiger partial charge in [-0.2, -0.15) is 0 Å². The molecular formula is C13H11BrClN3O. The van der Waals surface area contributed by atoms with Gasteiger partial charge in [-0.1, -0.05) is 23.7 Å². The van der Waals surface area contributed by atoms with Crippen LogP contribution in [0.25, 0.3) is 0 Å². The van der Waals surface area contributed by atoms with Crippen LogP contribution in [0.4, 0.5) is 11.5 Å². The lowest BCUT2D eigenvalue weighted by molar-refractivity contribution is 0.102. The molecule has 0 atom stereocenters. The quantitative estimate of drug-likeness (QED) is 0.894. The van der Waals surface area contributed by atoms with Crippen LogP contribution < -0.4 is 10.6 Å². The maximum atomic E-state index is 12.1. The van der Waals surface area contributed by atoms with Gasteiger partial charge in [0.05, 0.1) is 15.2 Å². The molecule has 6 heteroatoms. The van der Waals surface area contributed by atoms with Gasteiger partial charge in [0, 0.05) is 7.05 Å². The predicted octanol–water partition coefficient (Wildman–Crippen LogP) is 3.79. The molecule has 0 spiro atoms. The summed E-state index contributed by atoms with van der Waals surface area (Å²) in [5.74, 6) is 0.345. The van der Waals surface area contributed by atoms with E-state index in [9.17, 15) is 4.79 Å². The minimum absolute atomic E-state index is 0.292. The lowest BCUT2D eigenvalue weighted by Crippen LogP contribution is -2.14. The van der Waals surface area contributed by atoms with Crippen molar-refractivity contribution in [2.45, 2.75) is 0 Å². The topological polar surface area (TPSA) is 54.0 Å². The lowest BCUT2D eigenvalue weighted by Gasteiger charge is -2.08. The predicted molar refractivity (Wildman–Crippen MR) is 80.9 cm³/mol. The first kappa shape index (κ1) is 13.8. The van der Waals surface area contributed by atoms with Gasteiger partial charge in [0.15, 0.2) is 0 Å². The zero-order valence-corrected chi connectivity index (χ0v) is 12.4. The molecular weight excluding hydrogens is 330 g/mol. The summed E-state index contributed by atoms with van der Waals surface area (Å²) in [7, 11) is 1.75. The first-order chi connectivity index (χ1) is 9.11.